The molecule has 1 unspecified atom stereocenters. The van der Waals surface area contributed by atoms with Crippen LogP contribution in [-0.4, -0.2) is 24.0 Å². The Morgan fingerprint density at radius 2 is 1.90 bits per heavy atom. The van der Waals surface area contributed by atoms with Crippen molar-refractivity contribution in [2.75, 3.05) is 5.73 Å². The van der Waals surface area contributed by atoms with E-state index in [1.165, 1.54) is 0 Å². The summed E-state index contributed by atoms with van der Waals surface area (Å²) in [6, 6.07) is 5.06. The largest absolute Gasteiger partial charge is 0.449 e. The monoisotopic (exact) mass is 292 g/mol. The number of nitrogens with one attached hydrogen (secondary N) is 1. The predicted molar refractivity (Wildman–Crippen MR) is 83.0 cm³/mol. The maximum atomic E-state index is 12.1. The number of rotatable bonds is 6. The number of benzene rings is 1. The van der Waals surface area contributed by atoms with Crippen molar-refractivity contribution >= 4 is 17.6 Å². The van der Waals surface area contributed by atoms with E-state index in [2.05, 4.69) is 5.32 Å². The van der Waals surface area contributed by atoms with Crippen LogP contribution in [-0.2, 0) is 9.53 Å². The summed E-state index contributed by atoms with van der Waals surface area (Å²) in [6.45, 7) is 7.36. The number of nitrogen functional groups attached to an aromatic ring is 1. The third kappa shape index (κ3) is 4.77. The molecule has 1 atom stereocenters. The Labute approximate surface area is 125 Å². The molecule has 0 aliphatic heterocycles. The van der Waals surface area contributed by atoms with Crippen molar-refractivity contribution in [1.29, 1.82) is 0 Å². The van der Waals surface area contributed by atoms with Crippen LogP contribution in [0.3, 0.4) is 0 Å². The molecule has 1 aromatic rings. The van der Waals surface area contributed by atoms with Crippen LogP contribution < -0.4 is 11.1 Å². The number of esters is 1. The number of hydrogen-bond donors (Lipinski definition) is 2. The van der Waals surface area contributed by atoms with Gasteiger partial charge in [0.15, 0.2) is 6.10 Å². The fourth-order valence-electron chi connectivity index (χ4n) is 2.00. The molecule has 3 N–H and O–H groups in total. The fraction of sp³-hybridized carbons (Fsp3) is 0.500. The summed E-state index contributed by atoms with van der Waals surface area (Å²) in [5.74, 6) is -0.787. The molecule has 0 saturated heterocycles. The first-order valence-electron chi connectivity index (χ1n) is 7.26. The number of carbonyl (C=O) groups excluding carboxylic acids is 2. The molecule has 0 heterocycles. The molecule has 21 heavy (non-hydrogen) atoms. The third-order valence-corrected chi connectivity index (χ3v) is 3.46. The molecule has 1 rings (SSSR count). The zero-order valence-corrected chi connectivity index (χ0v) is 13.1. The highest BCUT2D eigenvalue weighted by atomic mass is 16.5. The van der Waals surface area contributed by atoms with E-state index in [4.69, 9.17) is 10.5 Å². The number of aryl methyl sites for hydroxylation is 1. The number of nitrogens with two attached hydrogens (primary N) is 1. The minimum absolute atomic E-state index is 0.108. The fourth-order valence-corrected chi connectivity index (χ4v) is 2.00. The molecule has 1 aromatic carbocycles. The van der Waals surface area contributed by atoms with Gasteiger partial charge in [-0.15, -0.1) is 0 Å². The zero-order chi connectivity index (χ0) is 16.0. The molecular weight excluding hydrogens is 268 g/mol. The van der Waals surface area contributed by atoms with Crippen molar-refractivity contribution in [2.24, 2.45) is 0 Å². The highest BCUT2D eigenvalue weighted by Crippen LogP contribution is 2.14. The lowest BCUT2D eigenvalue weighted by Gasteiger charge is -2.19. The molecule has 5 nitrogen and oxygen atoms in total. The van der Waals surface area contributed by atoms with E-state index < -0.39 is 12.1 Å². The van der Waals surface area contributed by atoms with Crippen LogP contribution in [0.1, 0.15) is 49.5 Å². The first-order valence-corrected chi connectivity index (χ1v) is 7.26. The summed E-state index contributed by atoms with van der Waals surface area (Å²) in [6.07, 6.45) is 0.870. The quantitative estimate of drug-likeness (QED) is 0.623. The standard InChI is InChI=1S/C16H24N2O3/c1-5-13(6-2)18-15(19)11(4)21-16(20)14-8-7-12(17)9-10(14)3/h7-9,11,13H,5-6,17H2,1-4H3,(H,18,19). The lowest BCUT2D eigenvalue weighted by atomic mass is 10.1. The topological polar surface area (TPSA) is 81.4 Å². The summed E-state index contributed by atoms with van der Waals surface area (Å²) in [7, 11) is 0. The number of amides is 1. The van der Waals surface area contributed by atoms with Crippen LogP contribution in [0.5, 0.6) is 0 Å². The van der Waals surface area contributed by atoms with Crippen molar-refractivity contribution in [2.45, 2.75) is 52.7 Å². The first-order chi connectivity index (χ1) is 9.88. The average Bonchev–Trinajstić information content (AvgIpc) is 2.44. The highest BCUT2D eigenvalue weighted by Gasteiger charge is 2.21. The number of carbonyl (C=O) groups is 2. The minimum Gasteiger partial charge on any atom is -0.449 e. The Bertz CT molecular complexity index is 510. The van der Waals surface area contributed by atoms with Gasteiger partial charge in [0.05, 0.1) is 5.56 Å². The van der Waals surface area contributed by atoms with Gasteiger partial charge in [0.25, 0.3) is 5.91 Å². The zero-order valence-electron chi connectivity index (χ0n) is 13.1. The summed E-state index contributed by atoms with van der Waals surface area (Å²) < 4.78 is 5.22. The normalized spacial score (nSPS) is 12.0. The van der Waals surface area contributed by atoms with E-state index >= 15 is 0 Å². The Morgan fingerprint density at radius 1 is 1.29 bits per heavy atom. The van der Waals surface area contributed by atoms with E-state index in [1.54, 1.807) is 32.0 Å². The van der Waals surface area contributed by atoms with Crippen LogP contribution >= 0.6 is 0 Å². The Morgan fingerprint density at radius 3 is 2.43 bits per heavy atom. The molecule has 0 spiro atoms. The summed E-state index contributed by atoms with van der Waals surface area (Å²) >= 11 is 0. The van der Waals surface area contributed by atoms with Crippen LogP contribution in [0.15, 0.2) is 18.2 Å². The summed E-state index contributed by atoms with van der Waals surface area (Å²) in [4.78, 5) is 24.0. The molecule has 116 valence electrons. The molecule has 0 saturated carbocycles. The van der Waals surface area contributed by atoms with Gasteiger partial charge >= 0.3 is 5.97 Å². The van der Waals surface area contributed by atoms with Crippen LogP contribution in [0.4, 0.5) is 5.69 Å². The first kappa shape index (κ1) is 17.0. The number of anilines is 1. The van der Waals surface area contributed by atoms with E-state index in [0.29, 0.717) is 11.3 Å². The van der Waals surface area contributed by atoms with Crippen molar-refractivity contribution in [3.8, 4) is 0 Å². The van der Waals surface area contributed by atoms with Gasteiger partial charge in [0, 0.05) is 11.7 Å². The highest BCUT2D eigenvalue weighted by molar-refractivity contribution is 5.93. The van der Waals surface area contributed by atoms with E-state index in [0.717, 1.165) is 18.4 Å². The number of hydrogen-bond acceptors (Lipinski definition) is 4. The van der Waals surface area contributed by atoms with Gasteiger partial charge < -0.3 is 15.8 Å². The van der Waals surface area contributed by atoms with Crippen LogP contribution in [0.25, 0.3) is 0 Å². The second kappa shape index (κ2) is 7.67. The van der Waals surface area contributed by atoms with Crippen molar-refractivity contribution < 1.29 is 14.3 Å². The summed E-state index contributed by atoms with van der Waals surface area (Å²) in [5.41, 5.74) is 7.38. The molecule has 0 fully saturated rings. The lowest BCUT2D eigenvalue weighted by molar-refractivity contribution is -0.129. The van der Waals surface area contributed by atoms with Gasteiger partial charge in [0.2, 0.25) is 0 Å². The predicted octanol–water partition coefficient (Wildman–Crippen LogP) is 2.43. The second-order valence-corrected chi connectivity index (χ2v) is 5.14. The minimum atomic E-state index is -0.824. The summed E-state index contributed by atoms with van der Waals surface area (Å²) in [5, 5.41) is 2.86. The van der Waals surface area contributed by atoms with Gasteiger partial charge in [-0.05, 0) is 50.5 Å². The van der Waals surface area contributed by atoms with Gasteiger partial charge in [-0.3, -0.25) is 4.79 Å². The van der Waals surface area contributed by atoms with Gasteiger partial charge in [0.1, 0.15) is 0 Å². The molecule has 0 radical (unpaired) electrons. The van der Waals surface area contributed by atoms with Gasteiger partial charge in [-0.1, -0.05) is 13.8 Å². The molecule has 0 aliphatic carbocycles. The third-order valence-electron chi connectivity index (χ3n) is 3.46. The van der Waals surface area contributed by atoms with Crippen molar-refractivity contribution in [1.82, 2.24) is 5.32 Å². The van der Waals surface area contributed by atoms with Crippen LogP contribution in [0.2, 0.25) is 0 Å². The number of ether oxygens (including phenoxy) is 1. The lowest BCUT2D eigenvalue weighted by Crippen LogP contribution is -2.41. The molecular formula is C16H24N2O3. The Hall–Kier alpha value is -2.04. The SMILES string of the molecule is CCC(CC)NC(=O)C(C)OC(=O)c1ccc(N)cc1C. The van der Waals surface area contributed by atoms with Crippen LogP contribution in [0, 0.1) is 6.92 Å². The maximum absolute atomic E-state index is 12.1. The van der Waals surface area contributed by atoms with Gasteiger partial charge in [-0.2, -0.15) is 0 Å². The molecule has 0 bridgehead atoms. The van der Waals surface area contributed by atoms with Crippen molar-refractivity contribution in [3.63, 3.8) is 0 Å². The maximum Gasteiger partial charge on any atom is 0.339 e. The Balaban J connectivity index is 2.67. The second-order valence-electron chi connectivity index (χ2n) is 5.14. The molecule has 1 amide bonds. The molecule has 5 heteroatoms. The Kier molecular flexibility index (Phi) is 6.21. The van der Waals surface area contributed by atoms with E-state index in [9.17, 15) is 9.59 Å². The van der Waals surface area contributed by atoms with Gasteiger partial charge in [-0.25, -0.2) is 4.79 Å². The average molecular weight is 292 g/mol. The van der Waals surface area contributed by atoms with E-state index in [-0.39, 0.29) is 11.9 Å². The molecule has 0 aromatic heterocycles. The van der Waals surface area contributed by atoms with E-state index in [1.807, 2.05) is 13.8 Å². The smallest absolute Gasteiger partial charge is 0.339 e. The van der Waals surface area contributed by atoms with Crippen molar-refractivity contribution in [3.05, 3.63) is 29.3 Å². The molecule has 0 aliphatic rings.